The highest BCUT2D eigenvalue weighted by Crippen LogP contribution is 2.56. The van der Waals surface area contributed by atoms with Gasteiger partial charge in [0.25, 0.3) is 0 Å². The Morgan fingerprint density at radius 1 is 1.29 bits per heavy atom. The Morgan fingerprint density at radius 2 is 2.00 bits per heavy atom. The summed E-state index contributed by atoms with van der Waals surface area (Å²) in [6, 6.07) is 4.19. The van der Waals surface area contributed by atoms with Gasteiger partial charge in [0, 0.05) is 22.3 Å². The van der Waals surface area contributed by atoms with E-state index in [1.807, 2.05) is 0 Å². The Morgan fingerprint density at radius 3 is 2.52 bits per heavy atom. The maximum atomic E-state index is 14.9. The van der Waals surface area contributed by atoms with Gasteiger partial charge < -0.3 is 4.74 Å². The topological polar surface area (TPSA) is 25.4 Å². The summed E-state index contributed by atoms with van der Waals surface area (Å²) in [6.07, 6.45) is 1.11. The van der Waals surface area contributed by atoms with Crippen LogP contribution in [0.25, 0.3) is 0 Å². The molecule has 2 nitrogen and oxygen atoms in total. The summed E-state index contributed by atoms with van der Waals surface area (Å²) in [5, 5.41) is 0. The SMILES string of the molecule is [2H]C1([2H])OC1(c1ccc(F)cc1F)C(F)(F)c1ccc(Br)cn1. The predicted molar refractivity (Wildman–Crippen MR) is 69.8 cm³/mol. The third kappa shape index (κ3) is 2.24. The Kier molecular flexibility index (Phi) is 2.75. The van der Waals surface area contributed by atoms with Gasteiger partial charge in [0.15, 0.2) is 5.60 Å². The van der Waals surface area contributed by atoms with Crippen molar-refractivity contribution in [2.45, 2.75) is 11.5 Å². The maximum Gasteiger partial charge on any atom is 0.324 e. The fourth-order valence-electron chi connectivity index (χ4n) is 1.98. The highest BCUT2D eigenvalue weighted by atomic mass is 79.9. The second-order valence-electron chi connectivity index (χ2n) is 4.45. The zero-order valence-electron chi connectivity index (χ0n) is 12.2. The number of ether oxygens (including phenoxy) is 1. The van der Waals surface area contributed by atoms with Crippen LogP contribution in [0.5, 0.6) is 0 Å². The zero-order chi connectivity index (χ0) is 17.0. The quantitative estimate of drug-likeness (QED) is 0.604. The Labute approximate surface area is 128 Å². The lowest BCUT2D eigenvalue weighted by Gasteiger charge is -2.24. The Balaban J connectivity index is 2.17. The van der Waals surface area contributed by atoms with Crippen LogP contribution in [0, 0.1) is 11.6 Å². The monoisotopic (exact) mass is 363 g/mol. The minimum Gasteiger partial charge on any atom is -0.357 e. The number of hydrogen-bond acceptors (Lipinski definition) is 2. The summed E-state index contributed by atoms with van der Waals surface area (Å²) in [4.78, 5) is 3.55. The first-order valence-electron chi connectivity index (χ1n) is 6.77. The average Bonchev–Trinajstić information content (AvgIpc) is 3.04. The molecule has 0 bridgehead atoms. The lowest BCUT2D eigenvalue weighted by atomic mass is 9.90. The molecule has 2 aromatic rings. The summed E-state index contributed by atoms with van der Waals surface area (Å²) >= 11 is 3.05. The van der Waals surface area contributed by atoms with Gasteiger partial charge in [-0.3, -0.25) is 4.98 Å². The molecule has 0 N–H and O–H groups in total. The van der Waals surface area contributed by atoms with E-state index in [-0.39, 0.29) is 0 Å². The van der Waals surface area contributed by atoms with Gasteiger partial charge in [0.1, 0.15) is 17.3 Å². The second kappa shape index (κ2) is 4.78. The number of halogens is 5. The number of aromatic nitrogens is 1. The molecule has 110 valence electrons. The highest BCUT2D eigenvalue weighted by molar-refractivity contribution is 9.10. The summed E-state index contributed by atoms with van der Waals surface area (Å²) in [5.41, 5.74) is -4.46. The van der Waals surface area contributed by atoms with E-state index in [9.17, 15) is 17.6 Å². The van der Waals surface area contributed by atoms with E-state index in [2.05, 4.69) is 25.7 Å². The minimum atomic E-state index is -3.98. The van der Waals surface area contributed by atoms with Crippen LogP contribution >= 0.6 is 15.9 Å². The van der Waals surface area contributed by atoms with Crippen molar-refractivity contribution in [1.29, 1.82) is 0 Å². The second-order valence-corrected chi connectivity index (χ2v) is 5.36. The average molecular weight is 364 g/mol. The Hall–Kier alpha value is -1.47. The van der Waals surface area contributed by atoms with Crippen LogP contribution in [-0.4, -0.2) is 11.5 Å². The summed E-state index contributed by atoms with van der Waals surface area (Å²) in [7, 11) is 0. The van der Waals surface area contributed by atoms with Crippen LogP contribution in [0.15, 0.2) is 41.0 Å². The number of hydrogen-bond donors (Lipinski definition) is 0. The third-order valence-electron chi connectivity index (χ3n) is 3.11. The molecule has 0 saturated carbocycles. The third-order valence-corrected chi connectivity index (χ3v) is 3.58. The van der Waals surface area contributed by atoms with E-state index in [1.165, 1.54) is 6.07 Å². The molecule has 1 fully saturated rings. The van der Waals surface area contributed by atoms with Gasteiger partial charge in [0.05, 0.1) is 9.30 Å². The van der Waals surface area contributed by atoms with Crippen molar-refractivity contribution in [3.63, 3.8) is 0 Å². The molecule has 0 spiro atoms. The van der Waals surface area contributed by atoms with Crippen molar-refractivity contribution in [3.05, 3.63) is 63.9 Å². The molecule has 2 heterocycles. The van der Waals surface area contributed by atoms with Gasteiger partial charge in [-0.25, -0.2) is 8.78 Å². The van der Waals surface area contributed by atoms with Crippen molar-refractivity contribution < 1.29 is 25.0 Å². The first-order chi connectivity index (χ1) is 10.6. The highest BCUT2D eigenvalue weighted by Gasteiger charge is 2.68. The molecular formula is C14H8BrF4NO. The summed E-state index contributed by atoms with van der Waals surface area (Å²) in [5.74, 6) is -6.26. The molecule has 0 amide bonds. The molecule has 1 aliphatic rings. The van der Waals surface area contributed by atoms with Crippen LogP contribution in [0.3, 0.4) is 0 Å². The van der Waals surface area contributed by atoms with Gasteiger partial charge >= 0.3 is 5.92 Å². The predicted octanol–water partition coefficient (Wildman–Crippen LogP) is 4.14. The fraction of sp³-hybridized carbons (Fsp3) is 0.214. The minimum absolute atomic E-state index is 0.403. The molecule has 1 aromatic heterocycles. The van der Waals surface area contributed by atoms with Gasteiger partial charge in [-0.15, -0.1) is 0 Å². The zero-order valence-corrected chi connectivity index (χ0v) is 11.8. The molecule has 21 heavy (non-hydrogen) atoms. The standard InChI is InChI=1S/C14H8BrF4NO/c15-8-1-4-12(20-6-8)14(18,19)13(7-21-13)10-3-2-9(16)5-11(10)17/h1-6H,7H2/i7D2. The van der Waals surface area contributed by atoms with Gasteiger partial charge in [-0.05, 0) is 40.2 Å². The van der Waals surface area contributed by atoms with Crippen molar-refractivity contribution in [1.82, 2.24) is 4.98 Å². The molecule has 1 saturated heterocycles. The molecule has 7 heteroatoms. The number of nitrogens with zero attached hydrogens (tertiary/aromatic N) is 1. The molecule has 0 aliphatic carbocycles. The smallest absolute Gasteiger partial charge is 0.324 e. The van der Waals surface area contributed by atoms with Crippen LogP contribution in [0.2, 0.25) is 0 Å². The van der Waals surface area contributed by atoms with E-state index >= 15 is 0 Å². The summed E-state index contributed by atoms with van der Waals surface area (Å²) in [6.45, 7) is -2.83. The number of rotatable bonds is 3. The van der Waals surface area contributed by atoms with Crippen molar-refractivity contribution in [2.24, 2.45) is 0 Å². The molecule has 1 aliphatic heterocycles. The summed E-state index contributed by atoms with van der Waals surface area (Å²) < 4.78 is 77.0. The van der Waals surface area contributed by atoms with E-state index in [0.717, 1.165) is 24.4 Å². The first-order valence-corrected chi connectivity index (χ1v) is 6.57. The van der Waals surface area contributed by atoms with Crippen molar-refractivity contribution in [2.75, 3.05) is 6.56 Å². The molecule has 3 rings (SSSR count). The molecule has 1 unspecified atom stereocenters. The van der Waals surface area contributed by atoms with Crippen LogP contribution in [-0.2, 0) is 16.3 Å². The van der Waals surface area contributed by atoms with Crippen LogP contribution < -0.4 is 0 Å². The van der Waals surface area contributed by atoms with Gasteiger partial charge in [-0.2, -0.15) is 8.78 Å². The normalized spacial score (nSPS) is 25.2. The van der Waals surface area contributed by atoms with Gasteiger partial charge in [0.2, 0.25) is 0 Å². The lowest BCUT2D eigenvalue weighted by Crippen LogP contribution is -2.34. The molecule has 1 atom stereocenters. The van der Waals surface area contributed by atoms with E-state index in [0.29, 0.717) is 10.5 Å². The van der Waals surface area contributed by atoms with Crippen molar-refractivity contribution >= 4 is 15.9 Å². The largest absolute Gasteiger partial charge is 0.357 e. The van der Waals surface area contributed by atoms with E-state index < -0.39 is 41.0 Å². The first kappa shape index (κ1) is 12.1. The van der Waals surface area contributed by atoms with E-state index in [1.54, 1.807) is 0 Å². The number of alkyl halides is 2. The Bertz CT molecular complexity index is 772. The molecular weight excluding hydrogens is 354 g/mol. The van der Waals surface area contributed by atoms with Gasteiger partial charge in [-0.1, -0.05) is 0 Å². The van der Waals surface area contributed by atoms with Crippen molar-refractivity contribution in [3.8, 4) is 0 Å². The number of benzene rings is 1. The number of epoxide rings is 1. The molecule has 1 aromatic carbocycles. The maximum absolute atomic E-state index is 14.9. The van der Waals surface area contributed by atoms with Crippen LogP contribution in [0.1, 0.15) is 14.0 Å². The fourth-order valence-corrected chi connectivity index (χ4v) is 2.21. The van der Waals surface area contributed by atoms with E-state index in [4.69, 9.17) is 2.74 Å². The molecule has 0 radical (unpaired) electrons. The number of pyridine rings is 1. The van der Waals surface area contributed by atoms with Crippen LogP contribution in [0.4, 0.5) is 17.6 Å². The lowest BCUT2D eigenvalue weighted by molar-refractivity contribution is -0.0901.